The van der Waals surface area contributed by atoms with Crippen molar-refractivity contribution >= 4 is 17.9 Å². The summed E-state index contributed by atoms with van der Waals surface area (Å²) in [6.45, 7) is 3.90. The summed E-state index contributed by atoms with van der Waals surface area (Å²) >= 11 is 0. The van der Waals surface area contributed by atoms with Crippen LogP contribution in [0.1, 0.15) is 25.7 Å². The van der Waals surface area contributed by atoms with Crippen molar-refractivity contribution in [1.82, 2.24) is 14.9 Å². The van der Waals surface area contributed by atoms with E-state index < -0.39 is 24.3 Å². The first kappa shape index (κ1) is 28.4. The molecule has 15 heteroatoms. The van der Waals surface area contributed by atoms with Crippen LogP contribution >= 0.6 is 0 Å². The van der Waals surface area contributed by atoms with Crippen molar-refractivity contribution in [2.24, 2.45) is 0 Å². The second-order valence-electron chi connectivity index (χ2n) is 7.10. The molecule has 0 bridgehead atoms. The second-order valence-corrected chi connectivity index (χ2v) is 7.10. The van der Waals surface area contributed by atoms with Gasteiger partial charge in [-0.15, -0.1) is 0 Å². The number of carbonyl (C=O) groups is 2. The Bertz CT molecular complexity index is 718. The Labute approximate surface area is 184 Å². The number of aliphatic hydroxyl groups is 1. The predicted molar refractivity (Wildman–Crippen MR) is 101 cm³/mol. The van der Waals surface area contributed by atoms with Gasteiger partial charge >= 0.3 is 24.3 Å². The van der Waals surface area contributed by atoms with Crippen molar-refractivity contribution < 1.29 is 51.3 Å². The number of rotatable bonds is 2. The molecule has 1 saturated heterocycles. The number of carboxylic acid groups (broad SMARTS) is 2. The smallest absolute Gasteiger partial charge is 0.475 e. The second kappa shape index (κ2) is 12.5. The molecule has 3 rings (SSSR count). The van der Waals surface area contributed by atoms with Gasteiger partial charge in [0, 0.05) is 44.6 Å². The number of aromatic nitrogens is 2. The van der Waals surface area contributed by atoms with Crippen LogP contribution in [0.4, 0.5) is 32.3 Å². The molecule has 0 amide bonds. The van der Waals surface area contributed by atoms with Gasteiger partial charge in [0.2, 0.25) is 5.95 Å². The molecule has 1 aliphatic heterocycles. The van der Waals surface area contributed by atoms with E-state index in [9.17, 15) is 31.4 Å². The van der Waals surface area contributed by atoms with Gasteiger partial charge in [-0.3, -0.25) is 4.90 Å². The first-order valence-electron chi connectivity index (χ1n) is 9.77. The standard InChI is InChI=1S/C14H22N4O.2C2HF3O2/c19-13-5-2-1-4-12(13)17-8-10-18(11-9-17)14-15-6-3-7-16-14;2*3-2(4,5)1(6)7/h3,6-7,12-13,19H,1-2,4-5,8-11H2;2*(H,6,7)/t12-,13-;;/m0../s1. The van der Waals surface area contributed by atoms with E-state index in [4.69, 9.17) is 19.8 Å². The van der Waals surface area contributed by atoms with Crippen molar-refractivity contribution in [1.29, 1.82) is 0 Å². The number of hydrogen-bond donors (Lipinski definition) is 3. The Kier molecular flexibility index (Phi) is 10.8. The molecular weight excluding hydrogens is 466 g/mol. The molecule has 0 aromatic carbocycles. The van der Waals surface area contributed by atoms with Gasteiger partial charge < -0.3 is 20.2 Å². The quantitative estimate of drug-likeness (QED) is 0.535. The summed E-state index contributed by atoms with van der Waals surface area (Å²) in [6, 6.07) is 2.21. The highest BCUT2D eigenvalue weighted by Gasteiger charge is 2.39. The average Bonchev–Trinajstić information content (AvgIpc) is 2.74. The molecule has 33 heavy (non-hydrogen) atoms. The molecule has 1 saturated carbocycles. The molecule has 2 fully saturated rings. The molecule has 2 aliphatic rings. The lowest BCUT2D eigenvalue weighted by Crippen LogP contribution is -2.54. The van der Waals surface area contributed by atoms with Crippen molar-refractivity contribution in [2.75, 3.05) is 31.1 Å². The van der Waals surface area contributed by atoms with Gasteiger partial charge in [0.05, 0.1) is 6.10 Å². The first-order chi connectivity index (χ1) is 15.2. The summed E-state index contributed by atoms with van der Waals surface area (Å²) in [5.74, 6) is -4.69. The number of piperazine rings is 1. The van der Waals surface area contributed by atoms with Gasteiger partial charge in [-0.25, -0.2) is 19.6 Å². The van der Waals surface area contributed by atoms with Crippen LogP contribution in [0.5, 0.6) is 0 Å². The number of nitrogens with zero attached hydrogens (tertiary/aromatic N) is 4. The molecule has 1 aromatic heterocycles. The fraction of sp³-hybridized carbons (Fsp3) is 0.667. The lowest BCUT2D eigenvalue weighted by molar-refractivity contribution is -0.193. The minimum absolute atomic E-state index is 0.131. The number of anilines is 1. The number of hydrogen-bond acceptors (Lipinski definition) is 7. The van der Waals surface area contributed by atoms with Crippen LogP contribution in [0.15, 0.2) is 18.5 Å². The maximum absolute atomic E-state index is 10.6. The maximum Gasteiger partial charge on any atom is 0.490 e. The summed E-state index contributed by atoms with van der Waals surface area (Å²) in [6.07, 6.45) is -2.18. The molecule has 3 N–H and O–H groups in total. The van der Waals surface area contributed by atoms with Crippen molar-refractivity contribution in [3.8, 4) is 0 Å². The topological polar surface area (TPSA) is 127 Å². The average molecular weight is 490 g/mol. The normalized spacial score (nSPS) is 21.7. The van der Waals surface area contributed by atoms with Crippen LogP contribution in [0.25, 0.3) is 0 Å². The lowest BCUT2D eigenvalue weighted by Gasteiger charge is -2.42. The molecule has 188 valence electrons. The summed E-state index contributed by atoms with van der Waals surface area (Å²) in [5.41, 5.74) is 0. The van der Waals surface area contributed by atoms with Gasteiger partial charge in [-0.2, -0.15) is 26.3 Å². The SMILES string of the molecule is O=C(O)C(F)(F)F.O=C(O)C(F)(F)F.O[C@H]1CCCC[C@@H]1N1CCN(c2ncccn2)CC1. The van der Waals surface area contributed by atoms with E-state index in [1.807, 2.05) is 6.07 Å². The fourth-order valence-electron chi connectivity index (χ4n) is 3.23. The first-order valence-corrected chi connectivity index (χ1v) is 9.77. The highest BCUT2D eigenvalue weighted by molar-refractivity contribution is 5.73. The number of halogens is 6. The summed E-state index contributed by atoms with van der Waals surface area (Å²) < 4.78 is 63.5. The summed E-state index contributed by atoms with van der Waals surface area (Å²) in [7, 11) is 0. The van der Waals surface area contributed by atoms with Crippen LogP contribution in [0.3, 0.4) is 0 Å². The predicted octanol–water partition coefficient (Wildman–Crippen LogP) is 2.17. The molecule has 1 aliphatic carbocycles. The van der Waals surface area contributed by atoms with Crippen molar-refractivity contribution in [3.63, 3.8) is 0 Å². The van der Waals surface area contributed by atoms with E-state index in [-0.39, 0.29) is 6.10 Å². The highest BCUT2D eigenvalue weighted by Crippen LogP contribution is 2.24. The zero-order valence-electron chi connectivity index (χ0n) is 17.3. The third-order valence-corrected chi connectivity index (χ3v) is 4.80. The van der Waals surface area contributed by atoms with Crippen LogP contribution in [0.2, 0.25) is 0 Å². The summed E-state index contributed by atoms with van der Waals surface area (Å²) in [5, 5.41) is 24.4. The third kappa shape index (κ3) is 10.2. The molecule has 2 atom stereocenters. The third-order valence-electron chi connectivity index (χ3n) is 4.80. The lowest BCUT2D eigenvalue weighted by atomic mass is 9.91. The largest absolute Gasteiger partial charge is 0.490 e. The highest BCUT2D eigenvalue weighted by atomic mass is 19.4. The van der Waals surface area contributed by atoms with Crippen LogP contribution in [-0.4, -0.2) is 92.8 Å². The van der Waals surface area contributed by atoms with E-state index in [0.717, 1.165) is 45.0 Å². The number of alkyl halides is 6. The molecule has 1 aromatic rings. The van der Waals surface area contributed by atoms with E-state index in [2.05, 4.69) is 19.8 Å². The van der Waals surface area contributed by atoms with E-state index in [1.165, 1.54) is 12.8 Å². The van der Waals surface area contributed by atoms with Crippen LogP contribution in [-0.2, 0) is 9.59 Å². The summed E-state index contributed by atoms with van der Waals surface area (Å²) in [4.78, 5) is 31.1. The molecular formula is C18H24F6N4O5. The molecule has 0 spiro atoms. The molecule has 2 heterocycles. The Morgan fingerprint density at radius 1 is 0.848 bits per heavy atom. The van der Waals surface area contributed by atoms with Gasteiger partial charge in [0.25, 0.3) is 0 Å². The van der Waals surface area contributed by atoms with E-state index in [1.54, 1.807) is 12.4 Å². The van der Waals surface area contributed by atoms with Gasteiger partial charge in [0.1, 0.15) is 0 Å². The minimum Gasteiger partial charge on any atom is -0.475 e. The van der Waals surface area contributed by atoms with Crippen molar-refractivity contribution in [3.05, 3.63) is 18.5 Å². The van der Waals surface area contributed by atoms with Crippen LogP contribution < -0.4 is 4.90 Å². The van der Waals surface area contributed by atoms with E-state index in [0.29, 0.717) is 6.04 Å². The zero-order chi connectivity index (χ0) is 25.2. The number of aliphatic hydroxyl groups excluding tert-OH is 1. The van der Waals surface area contributed by atoms with Gasteiger partial charge in [-0.1, -0.05) is 12.8 Å². The molecule has 0 unspecified atom stereocenters. The van der Waals surface area contributed by atoms with Crippen molar-refractivity contribution in [2.45, 2.75) is 50.2 Å². The van der Waals surface area contributed by atoms with Gasteiger partial charge in [-0.05, 0) is 18.9 Å². The number of carboxylic acids is 2. The Balaban J connectivity index is 0.000000324. The molecule has 9 nitrogen and oxygen atoms in total. The Morgan fingerprint density at radius 2 is 1.27 bits per heavy atom. The Morgan fingerprint density at radius 3 is 1.67 bits per heavy atom. The van der Waals surface area contributed by atoms with Gasteiger partial charge in [0.15, 0.2) is 0 Å². The minimum atomic E-state index is -5.08. The monoisotopic (exact) mass is 490 g/mol. The zero-order valence-corrected chi connectivity index (χ0v) is 17.3. The number of aliphatic carboxylic acids is 2. The van der Waals surface area contributed by atoms with Crippen LogP contribution in [0, 0.1) is 0 Å². The fourth-order valence-corrected chi connectivity index (χ4v) is 3.23. The Hall–Kier alpha value is -2.68. The molecule has 0 radical (unpaired) electrons. The van der Waals surface area contributed by atoms with E-state index >= 15 is 0 Å². The maximum atomic E-state index is 10.6.